The van der Waals surface area contributed by atoms with Gasteiger partial charge >= 0.3 is 0 Å². The minimum absolute atomic E-state index is 0.00507. The highest BCUT2D eigenvalue weighted by atomic mass is 16.3. The molecule has 1 amide bonds. The van der Waals surface area contributed by atoms with Crippen LogP contribution in [0.2, 0.25) is 0 Å². The Labute approximate surface area is 120 Å². The number of hydrogen-bond acceptors (Lipinski definition) is 3. The van der Waals surface area contributed by atoms with Gasteiger partial charge in [0.05, 0.1) is 24.3 Å². The number of aliphatic hydroxyl groups is 1. The van der Waals surface area contributed by atoms with Crippen LogP contribution in [0.25, 0.3) is 0 Å². The Morgan fingerprint density at radius 3 is 2.65 bits per heavy atom. The highest BCUT2D eigenvalue weighted by Crippen LogP contribution is 2.29. The molecule has 4 heteroatoms. The molecule has 0 atom stereocenters. The summed E-state index contributed by atoms with van der Waals surface area (Å²) in [6, 6.07) is 7.83. The van der Waals surface area contributed by atoms with Gasteiger partial charge in [0, 0.05) is 11.7 Å². The van der Waals surface area contributed by atoms with Crippen molar-refractivity contribution in [1.29, 1.82) is 0 Å². The zero-order valence-electron chi connectivity index (χ0n) is 12.5. The van der Waals surface area contributed by atoms with Crippen molar-refractivity contribution >= 4 is 11.6 Å². The second kappa shape index (κ2) is 5.83. The van der Waals surface area contributed by atoms with E-state index in [9.17, 15) is 9.90 Å². The number of nitrogens with one attached hydrogen (secondary N) is 1. The van der Waals surface area contributed by atoms with Crippen molar-refractivity contribution in [3.63, 3.8) is 0 Å². The summed E-state index contributed by atoms with van der Waals surface area (Å²) < 4.78 is 0. The fraction of sp³-hybridized carbons (Fsp3) is 0.562. The first-order valence-corrected chi connectivity index (χ1v) is 7.32. The Bertz CT molecular complexity index is 479. The van der Waals surface area contributed by atoms with Gasteiger partial charge in [0.1, 0.15) is 0 Å². The Kier molecular flexibility index (Phi) is 4.33. The maximum Gasteiger partial charge on any atom is 0.256 e. The van der Waals surface area contributed by atoms with E-state index in [-0.39, 0.29) is 11.9 Å². The molecule has 1 aromatic rings. The molecule has 110 valence electrons. The lowest BCUT2D eigenvalue weighted by Crippen LogP contribution is -2.63. The van der Waals surface area contributed by atoms with E-state index in [1.807, 2.05) is 45.0 Å². The molecule has 1 aliphatic rings. The van der Waals surface area contributed by atoms with Gasteiger partial charge in [-0.2, -0.15) is 0 Å². The van der Waals surface area contributed by atoms with Crippen LogP contribution in [0.1, 0.15) is 44.0 Å². The fourth-order valence-electron chi connectivity index (χ4n) is 2.71. The molecule has 1 heterocycles. The minimum atomic E-state index is -0.676. The third-order valence-corrected chi connectivity index (χ3v) is 3.57. The predicted octanol–water partition coefficient (Wildman–Crippen LogP) is 2.49. The first kappa shape index (κ1) is 14.9. The number of rotatable bonds is 5. The van der Waals surface area contributed by atoms with Crippen LogP contribution in [-0.4, -0.2) is 40.6 Å². The number of nitrogens with zero attached hydrogens (tertiary/aromatic N) is 1. The van der Waals surface area contributed by atoms with E-state index < -0.39 is 5.60 Å². The van der Waals surface area contributed by atoms with E-state index in [2.05, 4.69) is 5.32 Å². The Hall–Kier alpha value is -1.55. The molecule has 0 unspecified atom stereocenters. The average Bonchev–Trinajstić information content (AvgIpc) is 2.35. The van der Waals surface area contributed by atoms with Gasteiger partial charge in [-0.25, -0.2) is 0 Å². The number of anilines is 1. The largest absolute Gasteiger partial charge is 0.386 e. The summed E-state index contributed by atoms with van der Waals surface area (Å²) in [5, 5.41) is 13.5. The van der Waals surface area contributed by atoms with Gasteiger partial charge in [-0.15, -0.1) is 0 Å². The van der Waals surface area contributed by atoms with Crippen LogP contribution in [0.3, 0.4) is 0 Å². The van der Waals surface area contributed by atoms with E-state index in [4.69, 9.17) is 0 Å². The molecule has 4 nitrogen and oxygen atoms in total. The molecule has 0 spiro atoms. The molecule has 1 fully saturated rings. The average molecular weight is 276 g/mol. The highest BCUT2D eigenvalue weighted by Gasteiger charge is 2.43. The van der Waals surface area contributed by atoms with E-state index in [0.717, 1.165) is 18.5 Å². The van der Waals surface area contributed by atoms with Crippen molar-refractivity contribution < 1.29 is 9.90 Å². The summed E-state index contributed by atoms with van der Waals surface area (Å²) in [5.74, 6) is -0.00507. The van der Waals surface area contributed by atoms with E-state index >= 15 is 0 Å². The Balaban J connectivity index is 2.08. The van der Waals surface area contributed by atoms with E-state index in [1.165, 1.54) is 0 Å². The first-order valence-electron chi connectivity index (χ1n) is 7.32. The second-order valence-corrected chi connectivity index (χ2v) is 5.98. The Morgan fingerprint density at radius 2 is 2.05 bits per heavy atom. The molecule has 0 bridgehead atoms. The summed E-state index contributed by atoms with van der Waals surface area (Å²) in [7, 11) is 0. The van der Waals surface area contributed by atoms with Crippen LogP contribution in [0.15, 0.2) is 24.3 Å². The van der Waals surface area contributed by atoms with Crippen LogP contribution < -0.4 is 5.32 Å². The molecule has 2 rings (SSSR count). The van der Waals surface area contributed by atoms with Gasteiger partial charge in [0.15, 0.2) is 0 Å². The first-order chi connectivity index (χ1) is 9.45. The summed E-state index contributed by atoms with van der Waals surface area (Å²) in [6.45, 7) is 7.02. The van der Waals surface area contributed by atoms with Crippen molar-refractivity contribution in [3.05, 3.63) is 29.8 Å². The third-order valence-electron chi connectivity index (χ3n) is 3.57. The minimum Gasteiger partial charge on any atom is -0.386 e. The van der Waals surface area contributed by atoms with Crippen LogP contribution in [0.4, 0.5) is 5.69 Å². The molecular formula is C16H24N2O2. The summed E-state index contributed by atoms with van der Waals surface area (Å²) in [6.07, 6.45) is 1.69. The normalized spacial score (nSPS) is 16.9. The lowest BCUT2D eigenvalue weighted by Gasteiger charge is -2.46. The molecule has 0 aliphatic carbocycles. The van der Waals surface area contributed by atoms with Gasteiger partial charge in [0.2, 0.25) is 0 Å². The highest BCUT2D eigenvalue weighted by molar-refractivity contribution is 6.00. The topological polar surface area (TPSA) is 52.6 Å². The van der Waals surface area contributed by atoms with Gasteiger partial charge < -0.3 is 15.3 Å². The number of amides is 1. The van der Waals surface area contributed by atoms with Crippen molar-refractivity contribution in [3.8, 4) is 0 Å². The molecule has 0 radical (unpaired) electrons. The number of carbonyl (C=O) groups is 1. The predicted molar refractivity (Wildman–Crippen MR) is 81.0 cm³/mol. The van der Waals surface area contributed by atoms with Crippen molar-refractivity contribution in [2.24, 2.45) is 0 Å². The molecular weight excluding hydrogens is 252 g/mol. The van der Waals surface area contributed by atoms with E-state index in [0.29, 0.717) is 18.7 Å². The lowest BCUT2D eigenvalue weighted by atomic mass is 9.88. The zero-order chi connectivity index (χ0) is 14.8. The standard InChI is InChI=1S/C16H24N2O2/c1-4-9-16(20)10-18(11-16)15(19)13-7-5-6-8-14(13)17-12(2)3/h5-8,12,17,20H,4,9-11H2,1-3H3. The van der Waals surface area contributed by atoms with Gasteiger partial charge in [-0.1, -0.05) is 25.5 Å². The lowest BCUT2D eigenvalue weighted by molar-refractivity contribution is -0.0859. The van der Waals surface area contributed by atoms with Crippen LogP contribution in [0.5, 0.6) is 0 Å². The second-order valence-electron chi connectivity index (χ2n) is 5.98. The Morgan fingerprint density at radius 1 is 1.40 bits per heavy atom. The van der Waals surface area contributed by atoms with Gasteiger partial charge in [0.25, 0.3) is 5.91 Å². The smallest absolute Gasteiger partial charge is 0.256 e. The number of β-amino-alcohol motifs (C(OH)–C–C–N with tert-alkyl or cyclic N) is 1. The molecule has 1 saturated heterocycles. The van der Waals surface area contributed by atoms with Crippen LogP contribution in [-0.2, 0) is 0 Å². The molecule has 0 aromatic heterocycles. The monoisotopic (exact) mass is 276 g/mol. The molecule has 20 heavy (non-hydrogen) atoms. The fourth-order valence-corrected chi connectivity index (χ4v) is 2.71. The van der Waals surface area contributed by atoms with Crippen molar-refractivity contribution in [2.75, 3.05) is 18.4 Å². The number of benzene rings is 1. The van der Waals surface area contributed by atoms with Crippen molar-refractivity contribution in [1.82, 2.24) is 4.90 Å². The molecule has 1 aromatic carbocycles. The number of hydrogen-bond donors (Lipinski definition) is 2. The van der Waals surface area contributed by atoms with Crippen LogP contribution in [0, 0.1) is 0 Å². The summed E-state index contributed by atoms with van der Waals surface area (Å²) in [4.78, 5) is 14.2. The van der Waals surface area contributed by atoms with Gasteiger partial charge in [-0.3, -0.25) is 4.79 Å². The van der Waals surface area contributed by atoms with Crippen molar-refractivity contribution in [2.45, 2.75) is 45.3 Å². The maximum atomic E-state index is 12.5. The van der Waals surface area contributed by atoms with Crippen LogP contribution >= 0.6 is 0 Å². The number of likely N-dealkylation sites (tertiary alicyclic amines) is 1. The maximum absolute atomic E-state index is 12.5. The van der Waals surface area contributed by atoms with E-state index in [1.54, 1.807) is 4.90 Å². The quantitative estimate of drug-likeness (QED) is 0.868. The molecule has 0 saturated carbocycles. The SMILES string of the molecule is CCCC1(O)CN(C(=O)c2ccccc2NC(C)C)C1. The molecule has 1 aliphatic heterocycles. The third kappa shape index (κ3) is 3.12. The van der Waals surface area contributed by atoms with Gasteiger partial charge in [-0.05, 0) is 32.4 Å². The number of para-hydroxylation sites is 1. The molecule has 2 N–H and O–H groups in total. The number of carbonyl (C=O) groups excluding carboxylic acids is 1. The zero-order valence-corrected chi connectivity index (χ0v) is 12.5. The summed E-state index contributed by atoms with van der Waals surface area (Å²) >= 11 is 0. The summed E-state index contributed by atoms with van der Waals surface area (Å²) in [5.41, 5.74) is 0.864.